The van der Waals surface area contributed by atoms with Crippen LogP contribution in [0.3, 0.4) is 0 Å². The van der Waals surface area contributed by atoms with Crippen LogP contribution in [0.1, 0.15) is 5.56 Å². The third-order valence-electron chi connectivity index (χ3n) is 4.88. The van der Waals surface area contributed by atoms with E-state index in [4.69, 9.17) is 0 Å². The molecule has 0 bridgehead atoms. The van der Waals surface area contributed by atoms with Gasteiger partial charge in [-0.2, -0.15) is 21.6 Å². The van der Waals surface area contributed by atoms with E-state index in [1.807, 2.05) is 0 Å². The molecular formula is C24H16F3N3O3S. The maximum absolute atomic E-state index is 13.4. The van der Waals surface area contributed by atoms with Gasteiger partial charge in [-0.05, 0) is 59.7 Å². The van der Waals surface area contributed by atoms with Gasteiger partial charge in [-0.1, -0.05) is 36.4 Å². The van der Waals surface area contributed by atoms with E-state index in [0.29, 0.717) is 10.00 Å². The Morgan fingerprint density at radius 3 is 2.18 bits per heavy atom. The van der Waals surface area contributed by atoms with Gasteiger partial charge in [0.15, 0.2) is 5.03 Å². The lowest BCUT2D eigenvalue weighted by molar-refractivity contribution is -0.137. The SMILES string of the molecule is O=CN(c1ccccc1)S(=O)(=O)c1cc(-c2cccc(C(F)(F)F)c2)cc(-c2ccccn2)n1. The van der Waals surface area contributed by atoms with Crippen molar-refractivity contribution >= 4 is 22.1 Å². The minimum Gasteiger partial charge on any atom is -0.277 e. The molecule has 0 aliphatic rings. The predicted molar refractivity (Wildman–Crippen MR) is 120 cm³/mol. The molecule has 0 N–H and O–H groups in total. The fourth-order valence-corrected chi connectivity index (χ4v) is 4.46. The molecule has 172 valence electrons. The van der Waals surface area contributed by atoms with Crippen molar-refractivity contribution in [1.82, 2.24) is 9.97 Å². The first-order chi connectivity index (χ1) is 16.2. The number of hydrogen-bond donors (Lipinski definition) is 0. The molecule has 6 nitrogen and oxygen atoms in total. The van der Waals surface area contributed by atoms with Crippen molar-refractivity contribution < 1.29 is 26.4 Å². The molecule has 0 unspecified atom stereocenters. The lowest BCUT2D eigenvalue weighted by atomic mass is 10.0. The van der Waals surface area contributed by atoms with Crippen molar-refractivity contribution in [3.63, 3.8) is 0 Å². The number of anilines is 1. The van der Waals surface area contributed by atoms with E-state index in [9.17, 15) is 26.4 Å². The Hall–Kier alpha value is -4.05. The van der Waals surface area contributed by atoms with E-state index in [1.165, 1.54) is 36.5 Å². The number of hydrogen-bond acceptors (Lipinski definition) is 5. The second kappa shape index (κ2) is 9.06. The predicted octanol–water partition coefficient (Wildman–Crippen LogP) is 5.18. The van der Waals surface area contributed by atoms with Gasteiger partial charge < -0.3 is 0 Å². The Bertz CT molecular complexity index is 1430. The van der Waals surface area contributed by atoms with Crippen LogP contribution in [0.2, 0.25) is 0 Å². The first kappa shape index (κ1) is 23.1. The number of para-hydroxylation sites is 1. The van der Waals surface area contributed by atoms with Crippen molar-refractivity contribution in [1.29, 1.82) is 0 Å². The highest BCUT2D eigenvalue weighted by Gasteiger charge is 2.31. The lowest BCUT2D eigenvalue weighted by Crippen LogP contribution is -2.30. The molecule has 2 aromatic carbocycles. The monoisotopic (exact) mass is 483 g/mol. The molecule has 10 heteroatoms. The molecule has 4 rings (SSSR count). The van der Waals surface area contributed by atoms with E-state index in [2.05, 4.69) is 9.97 Å². The van der Waals surface area contributed by atoms with Crippen molar-refractivity contribution in [3.8, 4) is 22.5 Å². The molecule has 0 aliphatic carbocycles. The van der Waals surface area contributed by atoms with E-state index < -0.39 is 26.8 Å². The summed E-state index contributed by atoms with van der Waals surface area (Å²) in [6.07, 6.45) is -2.96. The van der Waals surface area contributed by atoms with E-state index in [0.717, 1.165) is 18.2 Å². The quantitative estimate of drug-likeness (QED) is 0.353. The molecule has 2 heterocycles. The zero-order chi connectivity index (χ0) is 24.3. The van der Waals surface area contributed by atoms with E-state index in [-0.39, 0.29) is 28.9 Å². The molecule has 0 saturated carbocycles. The van der Waals surface area contributed by atoms with Crippen LogP contribution in [-0.4, -0.2) is 24.8 Å². The zero-order valence-corrected chi connectivity index (χ0v) is 18.2. The number of rotatable bonds is 6. The van der Waals surface area contributed by atoms with Crippen LogP contribution in [0.15, 0.2) is 96.2 Å². The summed E-state index contributed by atoms with van der Waals surface area (Å²) >= 11 is 0. The average molecular weight is 483 g/mol. The van der Waals surface area contributed by atoms with Gasteiger partial charge in [-0.25, -0.2) is 9.29 Å². The smallest absolute Gasteiger partial charge is 0.277 e. The molecule has 1 amide bonds. The maximum atomic E-state index is 13.4. The summed E-state index contributed by atoms with van der Waals surface area (Å²) in [5, 5.41) is -0.515. The fraction of sp³-hybridized carbons (Fsp3) is 0.0417. The molecule has 0 fully saturated rings. The summed E-state index contributed by atoms with van der Waals surface area (Å²) in [4.78, 5) is 20.1. The van der Waals surface area contributed by atoms with Crippen molar-refractivity contribution in [2.75, 3.05) is 4.31 Å². The first-order valence-corrected chi connectivity index (χ1v) is 11.3. The summed E-state index contributed by atoms with van der Waals surface area (Å²) < 4.78 is 67.1. The maximum Gasteiger partial charge on any atom is 0.416 e. The Balaban J connectivity index is 1.93. The summed E-state index contributed by atoms with van der Waals surface area (Å²) in [6, 6.07) is 19.6. The van der Waals surface area contributed by atoms with Crippen molar-refractivity contribution in [3.05, 3.63) is 96.7 Å². The second-order valence-electron chi connectivity index (χ2n) is 7.11. The second-order valence-corrected chi connectivity index (χ2v) is 8.88. The van der Waals surface area contributed by atoms with Crippen LogP contribution in [0.25, 0.3) is 22.5 Å². The normalized spacial score (nSPS) is 11.7. The van der Waals surface area contributed by atoms with Gasteiger partial charge in [0, 0.05) is 6.20 Å². The van der Waals surface area contributed by atoms with Crippen LogP contribution in [0.5, 0.6) is 0 Å². The van der Waals surface area contributed by atoms with Gasteiger partial charge in [0.25, 0.3) is 10.0 Å². The highest BCUT2D eigenvalue weighted by atomic mass is 32.2. The third-order valence-corrected chi connectivity index (χ3v) is 6.43. The number of nitrogens with zero attached hydrogens (tertiary/aromatic N) is 3. The van der Waals surface area contributed by atoms with Crippen LogP contribution in [0.4, 0.5) is 18.9 Å². The molecule has 0 spiro atoms. The van der Waals surface area contributed by atoms with E-state index >= 15 is 0 Å². The molecular weight excluding hydrogens is 467 g/mol. The summed E-state index contributed by atoms with van der Waals surface area (Å²) in [5.41, 5.74) is -0.0758. The van der Waals surface area contributed by atoms with Crippen molar-refractivity contribution in [2.45, 2.75) is 11.2 Å². The highest BCUT2D eigenvalue weighted by molar-refractivity contribution is 7.93. The molecule has 0 aliphatic heterocycles. The molecule has 0 radical (unpaired) electrons. The van der Waals surface area contributed by atoms with E-state index in [1.54, 1.807) is 36.4 Å². The minimum atomic E-state index is -4.58. The molecule has 34 heavy (non-hydrogen) atoms. The summed E-state index contributed by atoms with van der Waals surface area (Å²) in [6.45, 7) is 0. The molecule has 0 saturated heterocycles. The van der Waals surface area contributed by atoms with Gasteiger partial charge in [0.05, 0.1) is 22.6 Å². The van der Waals surface area contributed by atoms with Crippen LogP contribution >= 0.6 is 0 Å². The number of halogens is 3. The number of carbonyl (C=O) groups excluding carboxylic acids is 1. The van der Waals surface area contributed by atoms with Gasteiger partial charge in [0.2, 0.25) is 6.41 Å². The van der Waals surface area contributed by atoms with Gasteiger partial charge in [-0.15, -0.1) is 0 Å². The number of pyridine rings is 2. The third kappa shape index (κ3) is 4.67. The summed E-state index contributed by atoms with van der Waals surface area (Å²) in [7, 11) is -4.50. The number of carbonyl (C=O) groups is 1. The Morgan fingerprint density at radius 2 is 1.53 bits per heavy atom. The Kier molecular flexibility index (Phi) is 6.16. The van der Waals surface area contributed by atoms with Gasteiger partial charge >= 0.3 is 6.18 Å². The van der Waals surface area contributed by atoms with Crippen LogP contribution in [-0.2, 0) is 21.0 Å². The molecule has 4 aromatic rings. The first-order valence-electron chi connectivity index (χ1n) is 9.86. The fourth-order valence-electron chi connectivity index (χ4n) is 3.26. The summed E-state index contributed by atoms with van der Waals surface area (Å²) in [5.74, 6) is 0. The number of benzene rings is 2. The average Bonchev–Trinajstić information content (AvgIpc) is 2.85. The Morgan fingerprint density at radius 1 is 0.794 bits per heavy atom. The number of sulfonamides is 1. The highest BCUT2D eigenvalue weighted by Crippen LogP contribution is 2.34. The van der Waals surface area contributed by atoms with Crippen molar-refractivity contribution in [2.24, 2.45) is 0 Å². The van der Waals surface area contributed by atoms with Gasteiger partial charge in [-0.3, -0.25) is 9.78 Å². The van der Waals surface area contributed by atoms with Crippen LogP contribution in [0, 0.1) is 0 Å². The van der Waals surface area contributed by atoms with Gasteiger partial charge in [0.1, 0.15) is 0 Å². The molecule has 2 aromatic heterocycles. The largest absolute Gasteiger partial charge is 0.416 e. The zero-order valence-electron chi connectivity index (χ0n) is 17.3. The Labute approximate surface area is 193 Å². The topological polar surface area (TPSA) is 80.2 Å². The standard InChI is InChI=1S/C24H16F3N3O3S/c25-24(26,27)19-8-6-7-17(13-19)18-14-22(21-11-4-5-12-28-21)29-23(15-18)34(32,33)30(16-31)20-9-2-1-3-10-20/h1-16H. The number of alkyl halides is 3. The minimum absolute atomic E-state index is 0.0863. The number of aromatic nitrogens is 2. The van der Waals surface area contributed by atoms with Crippen LogP contribution < -0.4 is 4.31 Å². The molecule has 0 atom stereocenters. The lowest BCUT2D eigenvalue weighted by Gasteiger charge is -2.18. The number of amides is 1.